The predicted molar refractivity (Wildman–Crippen MR) is 134 cm³/mol. The molecule has 0 bridgehead atoms. The summed E-state index contributed by atoms with van der Waals surface area (Å²) in [5.41, 5.74) is 0.979. The monoisotopic (exact) mass is 517 g/mol. The average Bonchev–Trinajstić information content (AvgIpc) is 3.52. The lowest BCUT2D eigenvalue weighted by atomic mass is 10.1. The summed E-state index contributed by atoms with van der Waals surface area (Å²) in [7, 11) is -3.62. The second-order valence-electron chi connectivity index (χ2n) is 9.14. The second-order valence-corrected chi connectivity index (χ2v) is 12.0. The molecule has 2 aromatic carbocycles. The van der Waals surface area contributed by atoms with Gasteiger partial charge in [0.25, 0.3) is 5.91 Å². The molecule has 2 aliphatic rings. The van der Waals surface area contributed by atoms with E-state index in [4.69, 9.17) is 4.74 Å². The molecule has 35 heavy (non-hydrogen) atoms. The number of aromatic nitrogens is 1. The minimum atomic E-state index is -3.62. The van der Waals surface area contributed by atoms with E-state index >= 15 is 0 Å². The van der Waals surface area contributed by atoms with E-state index in [2.05, 4.69) is 4.98 Å². The van der Waals surface area contributed by atoms with Gasteiger partial charge >= 0.3 is 0 Å². The first-order valence-corrected chi connectivity index (χ1v) is 14.2. The summed E-state index contributed by atoms with van der Waals surface area (Å²) in [6, 6.07) is 10.4. The van der Waals surface area contributed by atoms with Gasteiger partial charge in [-0.15, -0.1) is 0 Å². The molecule has 1 aromatic heterocycles. The largest absolute Gasteiger partial charge is 0.376 e. The fourth-order valence-corrected chi connectivity index (χ4v) is 7.43. The van der Waals surface area contributed by atoms with Crippen LogP contribution < -0.4 is 4.90 Å². The number of anilines is 1. The highest BCUT2D eigenvalue weighted by atomic mass is 32.2. The van der Waals surface area contributed by atoms with E-state index in [1.807, 2.05) is 6.92 Å². The molecule has 0 saturated carbocycles. The van der Waals surface area contributed by atoms with E-state index in [9.17, 15) is 17.6 Å². The number of rotatable bonds is 6. The Morgan fingerprint density at radius 1 is 1.17 bits per heavy atom. The fourth-order valence-electron chi connectivity index (χ4n) is 4.73. The predicted octanol–water partition coefficient (Wildman–Crippen LogP) is 4.82. The van der Waals surface area contributed by atoms with Crippen molar-refractivity contribution in [3.05, 3.63) is 53.8 Å². The van der Waals surface area contributed by atoms with Crippen LogP contribution in [0, 0.1) is 5.82 Å². The molecule has 2 fully saturated rings. The zero-order valence-electron chi connectivity index (χ0n) is 19.5. The van der Waals surface area contributed by atoms with Gasteiger partial charge in [0.15, 0.2) is 5.13 Å². The van der Waals surface area contributed by atoms with Crippen LogP contribution in [0.15, 0.2) is 47.4 Å². The maximum absolute atomic E-state index is 13.7. The number of fused-ring (bicyclic) bond motifs is 1. The number of thiazole rings is 1. The van der Waals surface area contributed by atoms with Gasteiger partial charge in [-0.2, -0.15) is 4.31 Å². The Morgan fingerprint density at radius 3 is 2.69 bits per heavy atom. The smallest absolute Gasteiger partial charge is 0.260 e. The molecule has 10 heteroatoms. The molecule has 0 aliphatic carbocycles. The Balaban J connectivity index is 1.43. The summed E-state index contributed by atoms with van der Waals surface area (Å²) in [6.45, 7) is 3.42. The molecule has 2 unspecified atom stereocenters. The van der Waals surface area contributed by atoms with Crippen LogP contribution in [0.25, 0.3) is 10.2 Å². The molecular weight excluding hydrogens is 489 g/mol. The minimum Gasteiger partial charge on any atom is -0.376 e. The highest BCUT2D eigenvalue weighted by molar-refractivity contribution is 7.89. The van der Waals surface area contributed by atoms with Gasteiger partial charge in [-0.25, -0.2) is 17.8 Å². The molecule has 186 valence electrons. The van der Waals surface area contributed by atoms with Gasteiger partial charge in [0.05, 0.1) is 27.8 Å². The lowest BCUT2D eigenvalue weighted by molar-refractivity contribution is 0.0917. The maximum atomic E-state index is 13.7. The number of ether oxygens (including phenoxy) is 1. The minimum absolute atomic E-state index is 0.0409. The van der Waals surface area contributed by atoms with Crippen molar-refractivity contribution >= 4 is 42.6 Å². The summed E-state index contributed by atoms with van der Waals surface area (Å²) >= 11 is 1.25. The molecule has 5 rings (SSSR count). The third kappa shape index (κ3) is 4.97. The van der Waals surface area contributed by atoms with E-state index in [1.165, 1.54) is 35.6 Å². The molecule has 2 aliphatic heterocycles. The van der Waals surface area contributed by atoms with Gasteiger partial charge < -0.3 is 4.74 Å². The standard InChI is InChI=1S/C25H28FN3O4S2/c1-17-5-2-3-13-29(17)35(31,32)21-10-7-18(8-11-21)24(30)28(16-20-6-4-14-33-20)25-27-22-12-9-19(26)15-23(22)34-25/h7-12,15,17,20H,2-6,13-14,16H2,1H3. The number of benzene rings is 2. The SMILES string of the molecule is CC1CCCCN1S(=O)(=O)c1ccc(C(=O)N(CC2CCCO2)c2nc3ccc(F)cc3s2)cc1. The van der Waals surface area contributed by atoms with Crippen molar-refractivity contribution in [3.8, 4) is 0 Å². The first-order chi connectivity index (χ1) is 16.8. The van der Waals surface area contributed by atoms with Crippen LogP contribution >= 0.6 is 11.3 Å². The van der Waals surface area contributed by atoms with Crippen molar-refractivity contribution < 1.29 is 22.3 Å². The van der Waals surface area contributed by atoms with Crippen molar-refractivity contribution in [1.29, 1.82) is 0 Å². The van der Waals surface area contributed by atoms with E-state index in [-0.39, 0.29) is 28.8 Å². The summed E-state index contributed by atoms with van der Waals surface area (Å²) in [5, 5.41) is 0.463. The number of sulfonamides is 1. The van der Waals surface area contributed by atoms with Crippen LogP contribution in [-0.4, -0.2) is 55.5 Å². The Hall–Kier alpha value is -2.40. The van der Waals surface area contributed by atoms with E-state index in [0.717, 1.165) is 32.1 Å². The van der Waals surface area contributed by atoms with Crippen molar-refractivity contribution in [2.45, 2.75) is 56.1 Å². The van der Waals surface area contributed by atoms with Crippen molar-refractivity contribution in [2.24, 2.45) is 0 Å². The van der Waals surface area contributed by atoms with E-state index in [1.54, 1.807) is 27.4 Å². The average molecular weight is 518 g/mol. The number of halogens is 1. The van der Waals surface area contributed by atoms with Crippen molar-refractivity contribution in [2.75, 3.05) is 24.6 Å². The fraction of sp³-hybridized carbons (Fsp3) is 0.440. The quantitative estimate of drug-likeness (QED) is 0.468. The highest BCUT2D eigenvalue weighted by Crippen LogP contribution is 2.32. The van der Waals surface area contributed by atoms with Gasteiger partial charge in [-0.05, 0) is 75.1 Å². The molecule has 0 spiro atoms. The van der Waals surface area contributed by atoms with Gasteiger partial charge in [0.2, 0.25) is 10.0 Å². The molecule has 7 nitrogen and oxygen atoms in total. The number of hydrogen-bond acceptors (Lipinski definition) is 6. The highest BCUT2D eigenvalue weighted by Gasteiger charge is 2.32. The lowest BCUT2D eigenvalue weighted by Gasteiger charge is -2.32. The van der Waals surface area contributed by atoms with Gasteiger partial charge in [0.1, 0.15) is 5.82 Å². The molecular formula is C25H28FN3O4S2. The maximum Gasteiger partial charge on any atom is 0.260 e. The number of carbonyl (C=O) groups is 1. The normalized spacial score (nSPS) is 21.4. The third-order valence-corrected chi connectivity index (χ3v) is 9.74. The second kappa shape index (κ2) is 9.93. The van der Waals surface area contributed by atoms with E-state index < -0.39 is 10.0 Å². The van der Waals surface area contributed by atoms with Crippen LogP contribution in [0.1, 0.15) is 49.4 Å². The summed E-state index contributed by atoms with van der Waals surface area (Å²) in [6.07, 6.45) is 4.39. The molecule has 2 atom stereocenters. The number of nitrogens with zero attached hydrogens (tertiary/aromatic N) is 3. The topological polar surface area (TPSA) is 79.8 Å². The zero-order valence-corrected chi connectivity index (χ0v) is 21.2. The zero-order chi connectivity index (χ0) is 24.6. The van der Waals surface area contributed by atoms with Crippen LogP contribution in [0.2, 0.25) is 0 Å². The molecule has 0 radical (unpaired) electrons. The van der Waals surface area contributed by atoms with Crippen molar-refractivity contribution in [1.82, 2.24) is 9.29 Å². The lowest BCUT2D eigenvalue weighted by Crippen LogP contribution is -2.42. The first-order valence-electron chi connectivity index (χ1n) is 11.9. The summed E-state index contributed by atoms with van der Waals surface area (Å²) in [5.74, 6) is -0.653. The Morgan fingerprint density at radius 2 is 1.97 bits per heavy atom. The van der Waals surface area contributed by atoms with E-state index in [0.29, 0.717) is 40.6 Å². The van der Waals surface area contributed by atoms with Crippen LogP contribution in [0.4, 0.5) is 9.52 Å². The number of hydrogen-bond donors (Lipinski definition) is 0. The molecule has 3 heterocycles. The Labute approximate surface area is 208 Å². The molecule has 1 amide bonds. The molecule has 0 N–H and O–H groups in total. The first kappa shape index (κ1) is 24.3. The number of piperidine rings is 1. The Kier molecular flexibility index (Phi) is 6.89. The number of amides is 1. The molecule has 3 aromatic rings. The van der Waals surface area contributed by atoms with Crippen molar-refractivity contribution in [3.63, 3.8) is 0 Å². The van der Waals surface area contributed by atoms with Crippen LogP contribution in [0.3, 0.4) is 0 Å². The van der Waals surface area contributed by atoms with Crippen LogP contribution in [-0.2, 0) is 14.8 Å². The molecule has 2 saturated heterocycles. The summed E-state index contributed by atoms with van der Waals surface area (Å²) < 4.78 is 48.0. The van der Waals surface area contributed by atoms with Crippen LogP contribution in [0.5, 0.6) is 0 Å². The third-order valence-electron chi connectivity index (χ3n) is 6.68. The number of carbonyl (C=O) groups excluding carboxylic acids is 1. The van der Waals surface area contributed by atoms with Gasteiger partial charge in [-0.3, -0.25) is 9.69 Å². The van der Waals surface area contributed by atoms with Gasteiger partial charge in [0, 0.05) is 24.8 Å². The Bertz CT molecular complexity index is 1320. The van der Waals surface area contributed by atoms with Gasteiger partial charge in [-0.1, -0.05) is 17.8 Å². The summed E-state index contributed by atoms with van der Waals surface area (Å²) in [4.78, 5) is 19.9.